The first-order valence-electron chi connectivity index (χ1n) is 8.09. The van der Waals surface area contributed by atoms with Gasteiger partial charge in [0.1, 0.15) is 0 Å². The molecule has 3 rings (SSSR count). The molecule has 1 aromatic carbocycles. The number of aryl methyl sites for hydroxylation is 2. The van der Waals surface area contributed by atoms with Crippen molar-refractivity contribution in [2.24, 2.45) is 5.92 Å². The summed E-state index contributed by atoms with van der Waals surface area (Å²) in [5.74, 6) is 0.904. The Morgan fingerprint density at radius 1 is 1.00 bits per heavy atom. The van der Waals surface area contributed by atoms with Gasteiger partial charge >= 0.3 is 0 Å². The average molecular weight is 300 g/mol. The van der Waals surface area contributed by atoms with E-state index in [0.29, 0.717) is 32.1 Å². The van der Waals surface area contributed by atoms with Crippen LogP contribution in [0.2, 0.25) is 0 Å². The number of amides is 2. The molecule has 2 unspecified atom stereocenters. The quantitative estimate of drug-likeness (QED) is 0.839. The maximum atomic E-state index is 12.6. The Labute approximate surface area is 132 Å². The molecule has 0 spiro atoms. The van der Waals surface area contributed by atoms with Crippen molar-refractivity contribution in [3.8, 4) is 0 Å². The molecule has 118 valence electrons. The lowest BCUT2D eigenvalue weighted by Gasteiger charge is -2.34. The second-order valence-electron chi connectivity index (χ2n) is 6.62. The van der Waals surface area contributed by atoms with E-state index in [0.717, 1.165) is 6.42 Å². The summed E-state index contributed by atoms with van der Waals surface area (Å²) < 4.78 is 0. The number of piperazine rings is 1. The summed E-state index contributed by atoms with van der Waals surface area (Å²) >= 11 is 0. The van der Waals surface area contributed by atoms with Gasteiger partial charge in [0, 0.05) is 39.0 Å². The minimum atomic E-state index is 0.103. The molecule has 2 atom stereocenters. The van der Waals surface area contributed by atoms with Crippen molar-refractivity contribution in [1.82, 2.24) is 9.80 Å². The van der Waals surface area contributed by atoms with Crippen LogP contribution >= 0.6 is 0 Å². The van der Waals surface area contributed by atoms with E-state index in [9.17, 15) is 9.59 Å². The van der Waals surface area contributed by atoms with Gasteiger partial charge in [0.15, 0.2) is 0 Å². The van der Waals surface area contributed by atoms with Gasteiger partial charge in [0.25, 0.3) is 0 Å². The molecule has 4 heteroatoms. The van der Waals surface area contributed by atoms with Crippen LogP contribution in [-0.2, 0) is 9.59 Å². The van der Waals surface area contributed by atoms with Crippen molar-refractivity contribution in [3.05, 3.63) is 34.9 Å². The first-order chi connectivity index (χ1) is 10.5. The third kappa shape index (κ3) is 2.87. The van der Waals surface area contributed by atoms with Crippen molar-refractivity contribution < 1.29 is 9.59 Å². The van der Waals surface area contributed by atoms with Crippen molar-refractivity contribution in [1.29, 1.82) is 0 Å². The van der Waals surface area contributed by atoms with Crippen LogP contribution in [0.4, 0.5) is 0 Å². The molecule has 4 nitrogen and oxygen atoms in total. The Balaban J connectivity index is 1.59. The second-order valence-corrected chi connectivity index (χ2v) is 6.62. The zero-order valence-corrected chi connectivity index (χ0v) is 13.6. The fourth-order valence-corrected chi connectivity index (χ4v) is 3.31. The Morgan fingerprint density at radius 3 is 2.23 bits per heavy atom. The molecular weight excluding hydrogens is 276 g/mol. The van der Waals surface area contributed by atoms with Crippen LogP contribution in [0.3, 0.4) is 0 Å². The molecule has 0 bridgehead atoms. The Morgan fingerprint density at radius 2 is 1.64 bits per heavy atom. The summed E-state index contributed by atoms with van der Waals surface area (Å²) in [6, 6.07) is 6.53. The first-order valence-corrected chi connectivity index (χ1v) is 8.09. The summed E-state index contributed by atoms with van der Waals surface area (Å²) in [6.45, 7) is 8.52. The van der Waals surface area contributed by atoms with Gasteiger partial charge in [-0.2, -0.15) is 0 Å². The number of carbonyl (C=O) groups is 2. The molecule has 1 aromatic rings. The Bertz CT molecular complexity index is 603. The van der Waals surface area contributed by atoms with Crippen molar-refractivity contribution in [2.75, 3.05) is 26.2 Å². The van der Waals surface area contributed by atoms with E-state index in [1.807, 2.05) is 9.80 Å². The highest BCUT2D eigenvalue weighted by Gasteiger charge is 2.46. The van der Waals surface area contributed by atoms with E-state index < -0.39 is 0 Å². The zero-order valence-electron chi connectivity index (χ0n) is 13.6. The predicted molar refractivity (Wildman–Crippen MR) is 85.6 cm³/mol. The number of hydrogen-bond acceptors (Lipinski definition) is 2. The van der Waals surface area contributed by atoms with Crippen molar-refractivity contribution in [3.63, 3.8) is 0 Å². The molecule has 1 saturated carbocycles. The summed E-state index contributed by atoms with van der Waals surface area (Å²) in [5, 5.41) is 0. The van der Waals surface area contributed by atoms with E-state index in [2.05, 4.69) is 32.0 Å². The number of rotatable bonds is 2. The zero-order chi connectivity index (χ0) is 15.9. The largest absolute Gasteiger partial charge is 0.339 e. The highest BCUT2D eigenvalue weighted by atomic mass is 16.2. The molecule has 2 fully saturated rings. The summed E-state index contributed by atoms with van der Waals surface area (Å²) in [4.78, 5) is 27.7. The van der Waals surface area contributed by atoms with Crippen LogP contribution in [0.25, 0.3) is 0 Å². The molecule has 22 heavy (non-hydrogen) atoms. The lowest BCUT2D eigenvalue weighted by Crippen LogP contribution is -2.50. The van der Waals surface area contributed by atoms with Crippen molar-refractivity contribution >= 4 is 11.8 Å². The third-order valence-corrected chi connectivity index (χ3v) is 5.10. The molecule has 0 N–H and O–H groups in total. The first kappa shape index (κ1) is 15.1. The van der Waals surface area contributed by atoms with Gasteiger partial charge in [0.05, 0.1) is 0 Å². The standard InChI is InChI=1S/C18H24N2O2/c1-12-4-5-15(10-13(12)2)16-11-17(16)18(22)20-8-6-19(7-9-20)14(3)21/h4-5,10,16-17H,6-9,11H2,1-3H3. The van der Waals surface area contributed by atoms with Gasteiger partial charge in [-0.05, 0) is 42.9 Å². The molecule has 2 amide bonds. The topological polar surface area (TPSA) is 40.6 Å². The Hall–Kier alpha value is -1.84. The van der Waals surface area contributed by atoms with Crippen LogP contribution in [0.1, 0.15) is 36.0 Å². The summed E-state index contributed by atoms with van der Waals surface area (Å²) in [6.07, 6.45) is 0.967. The average Bonchev–Trinajstić information content (AvgIpc) is 3.30. The molecule has 1 aliphatic heterocycles. The van der Waals surface area contributed by atoms with E-state index in [1.54, 1.807) is 6.92 Å². The minimum Gasteiger partial charge on any atom is -0.339 e. The molecule has 1 aliphatic carbocycles. The number of carbonyl (C=O) groups excluding carboxylic acids is 2. The second kappa shape index (κ2) is 5.75. The van der Waals surface area contributed by atoms with Crippen LogP contribution < -0.4 is 0 Å². The van der Waals surface area contributed by atoms with Crippen LogP contribution in [0, 0.1) is 19.8 Å². The lowest BCUT2D eigenvalue weighted by molar-refractivity contribution is -0.139. The molecule has 0 aromatic heterocycles. The van der Waals surface area contributed by atoms with Gasteiger partial charge in [-0.1, -0.05) is 18.2 Å². The summed E-state index contributed by atoms with van der Waals surface area (Å²) in [5.41, 5.74) is 3.89. The van der Waals surface area contributed by atoms with Crippen molar-refractivity contribution in [2.45, 2.75) is 33.1 Å². The smallest absolute Gasteiger partial charge is 0.226 e. The van der Waals surface area contributed by atoms with Gasteiger partial charge in [-0.3, -0.25) is 9.59 Å². The van der Waals surface area contributed by atoms with E-state index in [-0.39, 0.29) is 17.7 Å². The normalized spacial score (nSPS) is 24.3. The van der Waals surface area contributed by atoms with Gasteiger partial charge in [0.2, 0.25) is 11.8 Å². The molecule has 0 radical (unpaired) electrons. The molecule has 1 saturated heterocycles. The van der Waals surface area contributed by atoms with Gasteiger partial charge < -0.3 is 9.80 Å². The van der Waals surface area contributed by atoms with Crippen LogP contribution in [-0.4, -0.2) is 47.8 Å². The number of benzene rings is 1. The fraction of sp³-hybridized carbons (Fsp3) is 0.556. The van der Waals surface area contributed by atoms with E-state index >= 15 is 0 Å². The lowest BCUT2D eigenvalue weighted by atomic mass is 10.0. The monoisotopic (exact) mass is 300 g/mol. The molecule has 1 heterocycles. The number of nitrogens with zero attached hydrogens (tertiary/aromatic N) is 2. The van der Waals surface area contributed by atoms with E-state index in [1.165, 1.54) is 16.7 Å². The fourth-order valence-electron chi connectivity index (χ4n) is 3.31. The van der Waals surface area contributed by atoms with Gasteiger partial charge in [-0.25, -0.2) is 0 Å². The predicted octanol–water partition coefficient (Wildman–Crippen LogP) is 2.10. The van der Waals surface area contributed by atoms with Crippen LogP contribution in [0.5, 0.6) is 0 Å². The maximum absolute atomic E-state index is 12.6. The molecular formula is C18H24N2O2. The maximum Gasteiger partial charge on any atom is 0.226 e. The highest BCUT2D eigenvalue weighted by molar-refractivity contribution is 5.83. The van der Waals surface area contributed by atoms with Crippen LogP contribution in [0.15, 0.2) is 18.2 Å². The van der Waals surface area contributed by atoms with E-state index in [4.69, 9.17) is 0 Å². The SMILES string of the molecule is CC(=O)N1CCN(C(=O)C2CC2c2ccc(C)c(C)c2)CC1. The highest BCUT2D eigenvalue weighted by Crippen LogP contribution is 2.48. The molecule has 2 aliphatic rings. The third-order valence-electron chi connectivity index (χ3n) is 5.10. The number of hydrogen-bond donors (Lipinski definition) is 0. The van der Waals surface area contributed by atoms with Gasteiger partial charge in [-0.15, -0.1) is 0 Å². The minimum absolute atomic E-state index is 0.103. The summed E-state index contributed by atoms with van der Waals surface area (Å²) in [7, 11) is 0. The Kier molecular flexibility index (Phi) is 3.94.